The van der Waals surface area contributed by atoms with Crippen LogP contribution < -0.4 is 10.1 Å². The SMILES string of the molecule is COc1ccccc1CNC(=O)[C@@H]1CC(=O)N([C@H]2CCC[C@@H](C)[C@H]2C)C1. The molecule has 2 amide bonds. The molecule has 1 aliphatic carbocycles. The van der Waals surface area contributed by atoms with Crippen LogP contribution >= 0.6 is 0 Å². The van der Waals surface area contributed by atoms with E-state index in [2.05, 4.69) is 19.2 Å². The minimum atomic E-state index is -0.248. The van der Waals surface area contributed by atoms with E-state index in [-0.39, 0.29) is 17.7 Å². The fraction of sp³-hybridized carbons (Fsp3) is 0.619. The van der Waals surface area contributed by atoms with Gasteiger partial charge in [0.15, 0.2) is 0 Å². The second-order valence-electron chi connectivity index (χ2n) is 7.81. The fourth-order valence-corrected chi connectivity index (χ4v) is 4.40. The molecule has 1 N–H and O–H groups in total. The van der Waals surface area contributed by atoms with E-state index in [0.29, 0.717) is 37.4 Å². The van der Waals surface area contributed by atoms with E-state index in [9.17, 15) is 9.59 Å². The highest BCUT2D eigenvalue weighted by Gasteiger charge is 2.41. The van der Waals surface area contributed by atoms with Crippen molar-refractivity contribution in [3.05, 3.63) is 29.8 Å². The number of methoxy groups -OCH3 is 1. The molecular weight excluding hydrogens is 328 g/mol. The molecule has 4 atom stereocenters. The number of likely N-dealkylation sites (tertiary alicyclic amines) is 1. The van der Waals surface area contributed by atoms with Crippen molar-refractivity contribution in [2.45, 2.75) is 52.1 Å². The van der Waals surface area contributed by atoms with Gasteiger partial charge in [-0.15, -0.1) is 0 Å². The Labute approximate surface area is 156 Å². The molecule has 2 aliphatic rings. The highest BCUT2D eigenvalue weighted by Crippen LogP contribution is 2.35. The molecular formula is C21H30N2O3. The summed E-state index contributed by atoms with van der Waals surface area (Å²) in [6.07, 6.45) is 3.80. The number of carbonyl (C=O) groups is 2. The zero-order valence-corrected chi connectivity index (χ0v) is 16.0. The maximum atomic E-state index is 12.6. The molecule has 1 aliphatic heterocycles. The van der Waals surface area contributed by atoms with E-state index < -0.39 is 0 Å². The lowest BCUT2D eigenvalue weighted by atomic mass is 9.77. The predicted molar refractivity (Wildman–Crippen MR) is 101 cm³/mol. The van der Waals surface area contributed by atoms with Gasteiger partial charge in [0.2, 0.25) is 11.8 Å². The molecule has 3 rings (SSSR count). The first-order valence-electron chi connectivity index (χ1n) is 9.70. The number of nitrogens with zero attached hydrogens (tertiary/aromatic N) is 1. The van der Waals surface area contributed by atoms with Gasteiger partial charge in [0.25, 0.3) is 0 Å². The quantitative estimate of drug-likeness (QED) is 0.880. The molecule has 1 heterocycles. The van der Waals surface area contributed by atoms with Crippen LogP contribution in [0.25, 0.3) is 0 Å². The largest absolute Gasteiger partial charge is 0.496 e. The summed E-state index contributed by atoms with van der Waals surface area (Å²) in [6, 6.07) is 7.95. The zero-order chi connectivity index (χ0) is 18.7. The summed E-state index contributed by atoms with van der Waals surface area (Å²) in [7, 11) is 1.63. The summed E-state index contributed by atoms with van der Waals surface area (Å²) >= 11 is 0. The number of hydrogen-bond donors (Lipinski definition) is 1. The fourth-order valence-electron chi connectivity index (χ4n) is 4.40. The number of amides is 2. The van der Waals surface area contributed by atoms with Crippen LogP contribution in [0.2, 0.25) is 0 Å². The average Bonchev–Trinajstić information content (AvgIpc) is 3.04. The smallest absolute Gasteiger partial charge is 0.225 e. The number of ether oxygens (including phenoxy) is 1. The van der Waals surface area contributed by atoms with Gasteiger partial charge in [-0.3, -0.25) is 9.59 Å². The predicted octanol–water partition coefficient (Wildman–Crippen LogP) is 2.98. The zero-order valence-electron chi connectivity index (χ0n) is 16.0. The van der Waals surface area contributed by atoms with Gasteiger partial charge in [-0.05, 0) is 24.3 Å². The highest BCUT2D eigenvalue weighted by atomic mass is 16.5. The molecule has 5 heteroatoms. The van der Waals surface area contributed by atoms with E-state index in [4.69, 9.17) is 4.74 Å². The molecule has 1 saturated carbocycles. The Kier molecular flexibility index (Phi) is 5.84. The maximum Gasteiger partial charge on any atom is 0.225 e. The van der Waals surface area contributed by atoms with Crippen molar-refractivity contribution >= 4 is 11.8 Å². The molecule has 0 bridgehead atoms. The standard InChI is InChI=1S/C21H30N2O3/c1-14-7-6-9-18(15(14)2)23-13-17(11-20(23)24)21(25)22-12-16-8-4-5-10-19(16)26-3/h4-5,8,10,14-15,17-18H,6-7,9,11-13H2,1-3H3,(H,22,25)/t14-,15-,17-,18+/m1/s1. The van der Waals surface area contributed by atoms with Gasteiger partial charge in [0, 0.05) is 31.1 Å². The van der Waals surface area contributed by atoms with Crippen molar-refractivity contribution in [3.63, 3.8) is 0 Å². The van der Waals surface area contributed by atoms with Crippen molar-refractivity contribution in [1.82, 2.24) is 10.2 Å². The lowest BCUT2D eigenvalue weighted by molar-refractivity contribution is -0.132. The minimum absolute atomic E-state index is 0.0386. The van der Waals surface area contributed by atoms with Crippen LogP contribution in [0.1, 0.15) is 45.1 Å². The molecule has 0 spiro atoms. The molecule has 0 radical (unpaired) electrons. The van der Waals surface area contributed by atoms with Gasteiger partial charge < -0.3 is 15.0 Å². The molecule has 0 unspecified atom stereocenters. The van der Waals surface area contributed by atoms with E-state index in [1.165, 1.54) is 12.8 Å². The number of nitrogens with one attached hydrogen (secondary N) is 1. The first kappa shape index (κ1) is 18.7. The third-order valence-corrected chi connectivity index (χ3v) is 6.24. The third kappa shape index (κ3) is 3.87. The normalized spacial score (nSPS) is 28.9. The van der Waals surface area contributed by atoms with E-state index in [1.54, 1.807) is 7.11 Å². The van der Waals surface area contributed by atoms with E-state index >= 15 is 0 Å². The van der Waals surface area contributed by atoms with Crippen LogP contribution in [0.3, 0.4) is 0 Å². The average molecular weight is 358 g/mol. The molecule has 1 aromatic carbocycles. The summed E-state index contributed by atoms with van der Waals surface area (Å²) in [6.45, 7) is 5.49. The number of para-hydroxylation sites is 1. The van der Waals surface area contributed by atoms with Gasteiger partial charge in [-0.25, -0.2) is 0 Å². The lowest BCUT2D eigenvalue weighted by Gasteiger charge is -2.40. The van der Waals surface area contributed by atoms with Gasteiger partial charge in [-0.2, -0.15) is 0 Å². The van der Waals surface area contributed by atoms with Crippen molar-refractivity contribution in [3.8, 4) is 5.75 Å². The Morgan fingerprint density at radius 2 is 2.04 bits per heavy atom. The topological polar surface area (TPSA) is 58.6 Å². The van der Waals surface area contributed by atoms with Crippen molar-refractivity contribution in [2.24, 2.45) is 17.8 Å². The van der Waals surface area contributed by atoms with Gasteiger partial charge in [-0.1, -0.05) is 44.9 Å². The Bertz CT molecular complexity index is 660. The Balaban J connectivity index is 1.58. The Morgan fingerprint density at radius 1 is 1.27 bits per heavy atom. The summed E-state index contributed by atoms with van der Waals surface area (Å²) in [4.78, 5) is 27.1. The van der Waals surface area contributed by atoms with Gasteiger partial charge in [0.05, 0.1) is 13.0 Å². The highest BCUT2D eigenvalue weighted by molar-refractivity contribution is 5.89. The van der Waals surface area contributed by atoms with Gasteiger partial charge in [0.1, 0.15) is 5.75 Å². The monoisotopic (exact) mass is 358 g/mol. The summed E-state index contributed by atoms with van der Waals surface area (Å²) in [5, 5.41) is 2.98. The number of rotatable bonds is 5. The Hall–Kier alpha value is -2.04. The second kappa shape index (κ2) is 8.11. The van der Waals surface area contributed by atoms with Crippen molar-refractivity contribution in [1.29, 1.82) is 0 Å². The van der Waals surface area contributed by atoms with E-state index in [0.717, 1.165) is 17.7 Å². The summed E-state index contributed by atoms with van der Waals surface area (Å²) < 4.78 is 5.32. The van der Waals surface area contributed by atoms with Crippen molar-refractivity contribution in [2.75, 3.05) is 13.7 Å². The molecule has 0 aromatic heterocycles. The first-order chi connectivity index (χ1) is 12.5. The van der Waals surface area contributed by atoms with Crippen LogP contribution in [0.15, 0.2) is 24.3 Å². The summed E-state index contributed by atoms with van der Waals surface area (Å²) in [5.74, 6) is 1.75. The number of hydrogen-bond acceptors (Lipinski definition) is 3. The number of carbonyl (C=O) groups excluding carboxylic acids is 2. The van der Waals surface area contributed by atoms with Crippen LogP contribution in [0.5, 0.6) is 5.75 Å². The number of benzene rings is 1. The minimum Gasteiger partial charge on any atom is -0.496 e. The lowest BCUT2D eigenvalue weighted by Crippen LogP contribution is -2.45. The molecule has 5 nitrogen and oxygen atoms in total. The van der Waals surface area contributed by atoms with Crippen LogP contribution in [0.4, 0.5) is 0 Å². The molecule has 2 fully saturated rings. The second-order valence-corrected chi connectivity index (χ2v) is 7.81. The van der Waals surface area contributed by atoms with Crippen molar-refractivity contribution < 1.29 is 14.3 Å². The molecule has 142 valence electrons. The molecule has 1 saturated heterocycles. The van der Waals surface area contributed by atoms with Gasteiger partial charge >= 0.3 is 0 Å². The summed E-state index contributed by atoms with van der Waals surface area (Å²) in [5.41, 5.74) is 0.944. The van der Waals surface area contributed by atoms with Crippen LogP contribution in [-0.2, 0) is 16.1 Å². The molecule has 1 aromatic rings. The van der Waals surface area contributed by atoms with Crippen LogP contribution in [0, 0.1) is 17.8 Å². The third-order valence-electron chi connectivity index (χ3n) is 6.24. The Morgan fingerprint density at radius 3 is 2.81 bits per heavy atom. The van der Waals surface area contributed by atoms with E-state index in [1.807, 2.05) is 29.2 Å². The van der Waals surface area contributed by atoms with Crippen LogP contribution in [-0.4, -0.2) is 36.4 Å². The maximum absolute atomic E-state index is 12.6. The first-order valence-corrected chi connectivity index (χ1v) is 9.70. The molecule has 26 heavy (non-hydrogen) atoms.